The number of imide groups is 1. The molecule has 0 saturated heterocycles. The summed E-state index contributed by atoms with van der Waals surface area (Å²) in [6.07, 6.45) is 5.85. The Balaban J connectivity index is 1.95. The van der Waals surface area contributed by atoms with Gasteiger partial charge in [-0.3, -0.25) is 5.32 Å². The topological polar surface area (TPSA) is 46.2 Å². The number of nitrogens with zero attached hydrogens (tertiary/aromatic N) is 1. The van der Waals surface area contributed by atoms with Gasteiger partial charge in [0, 0.05) is 18.2 Å². The summed E-state index contributed by atoms with van der Waals surface area (Å²) in [5.41, 5.74) is 1.22. The number of hydrogen-bond donors (Lipinski definition) is 1. The summed E-state index contributed by atoms with van der Waals surface area (Å²) >= 11 is 0. The van der Waals surface area contributed by atoms with Crippen molar-refractivity contribution >= 4 is 23.7 Å². The van der Waals surface area contributed by atoms with Gasteiger partial charge in [-0.05, 0) is 23.8 Å². The Bertz CT molecular complexity index is 798. The van der Waals surface area contributed by atoms with E-state index in [1.165, 1.54) is 30.6 Å². The normalized spacial score (nSPS) is 20.0. The molecular formula is C18H14FN2O2+. The highest BCUT2D eigenvalue weighted by Crippen LogP contribution is 2.27. The van der Waals surface area contributed by atoms with Crippen molar-refractivity contribution in [1.82, 2.24) is 9.80 Å². The SMILES string of the molecule is O=C(C=Cc1ccc(F)cc1)[N+]1(c2ccccc2)C=CNC1=O. The van der Waals surface area contributed by atoms with E-state index in [1.807, 2.05) is 6.07 Å². The van der Waals surface area contributed by atoms with Crippen LogP contribution in [-0.4, -0.2) is 11.9 Å². The van der Waals surface area contributed by atoms with E-state index in [0.29, 0.717) is 11.3 Å². The molecule has 0 spiro atoms. The third-order valence-electron chi connectivity index (χ3n) is 3.62. The van der Waals surface area contributed by atoms with Crippen LogP contribution in [0.4, 0.5) is 14.9 Å². The summed E-state index contributed by atoms with van der Waals surface area (Å²) in [5.74, 6) is -0.755. The fourth-order valence-electron chi connectivity index (χ4n) is 2.42. The Morgan fingerprint density at radius 1 is 1.04 bits per heavy atom. The van der Waals surface area contributed by atoms with Gasteiger partial charge in [0.1, 0.15) is 12.0 Å². The van der Waals surface area contributed by atoms with Crippen molar-refractivity contribution in [3.63, 3.8) is 0 Å². The maximum Gasteiger partial charge on any atom is 0.438 e. The van der Waals surface area contributed by atoms with Crippen molar-refractivity contribution < 1.29 is 14.0 Å². The van der Waals surface area contributed by atoms with Gasteiger partial charge in [0.25, 0.3) is 0 Å². The maximum absolute atomic E-state index is 12.9. The molecule has 0 radical (unpaired) electrons. The Morgan fingerprint density at radius 2 is 1.74 bits per heavy atom. The number of carbonyl (C=O) groups excluding carboxylic acids is 2. The average molecular weight is 309 g/mol. The number of benzene rings is 2. The number of urea groups is 1. The van der Waals surface area contributed by atoms with Crippen LogP contribution >= 0.6 is 0 Å². The smallest absolute Gasteiger partial charge is 0.275 e. The van der Waals surface area contributed by atoms with E-state index in [2.05, 4.69) is 5.32 Å². The van der Waals surface area contributed by atoms with Crippen molar-refractivity contribution in [2.45, 2.75) is 0 Å². The molecule has 23 heavy (non-hydrogen) atoms. The Kier molecular flexibility index (Phi) is 3.87. The number of para-hydroxylation sites is 1. The predicted molar refractivity (Wildman–Crippen MR) is 86.3 cm³/mol. The summed E-state index contributed by atoms with van der Waals surface area (Å²) in [6.45, 7) is 0. The average Bonchev–Trinajstić information content (AvgIpc) is 2.97. The van der Waals surface area contributed by atoms with Crippen LogP contribution in [0.5, 0.6) is 0 Å². The van der Waals surface area contributed by atoms with Crippen LogP contribution in [0.3, 0.4) is 0 Å². The van der Waals surface area contributed by atoms with Gasteiger partial charge in [0.05, 0.1) is 6.20 Å². The lowest BCUT2D eigenvalue weighted by atomic mass is 10.2. The fraction of sp³-hybridized carbons (Fsp3) is 0. The van der Waals surface area contributed by atoms with Crippen LogP contribution in [0.2, 0.25) is 0 Å². The van der Waals surface area contributed by atoms with E-state index < -0.39 is 16.4 Å². The summed E-state index contributed by atoms with van der Waals surface area (Å²) in [6, 6.07) is 14.1. The summed E-state index contributed by atoms with van der Waals surface area (Å²) < 4.78 is 12.4. The van der Waals surface area contributed by atoms with Crippen molar-refractivity contribution in [3.05, 3.63) is 84.5 Å². The number of rotatable bonds is 3. The molecule has 5 heteroatoms. The Morgan fingerprint density at radius 3 is 2.35 bits per heavy atom. The molecule has 3 amide bonds. The van der Waals surface area contributed by atoms with Gasteiger partial charge in [-0.15, -0.1) is 4.48 Å². The van der Waals surface area contributed by atoms with Crippen molar-refractivity contribution in [2.24, 2.45) is 0 Å². The molecule has 1 N–H and O–H groups in total. The van der Waals surface area contributed by atoms with E-state index in [4.69, 9.17) is 0 Å². The first-order valence-corrected chi connectivity index (χ1v) is 7.04. The van der Waals surface area contributed by atoms with Gasteiger partial charge in [0.2, 0.25) is 0 Å². The Labute approximate surface area is 132 Å². The molecule has 1 heterocycles. The van der Waals surface area contributed by atoms with Crippen molar-refractivity contribution in [3.8, 4) is 0 Å². The number of carbonyl (C=O) groups is 2. The third-order valence-corrected chi connectivity index (χ3v) is 3.62. The molecule has 1 aliphatic rings. The van der Waals surface area contributed by atoms with Gasteiger partial charge in [0.15, 0.2) is 5.69 Å². The highest BCUT2D eigenvalue weighted by atomic mass is 19.1. The standard InChI is InChI=1S/C18H13FN2O2/c19-15-9-6-14(7-10-15)8-11-17(22)21(13-12-20-18(21)23)16-4-2-1-3-5-16/h1-13H/p+1. The lowest BCUT2D eigenvalue weighted by Crippen LogP contribution is -2.53. The number of quaternary nitrogens is 1. The van der Waals surface area contributed by atoms with Gasteiger partial charge in [-0.2, -0.15) is 0 Å². The molecule has 0 bridgehead atoms. The van der Waals surface area contributed by atoms with Gasteiger partial charge < -0.3 is 0 Å². The van der Waals surface area contributed by atoms with E-state index in [9.17, 15) is 14.0 Å². The molecule has 0 saturated carbocycles. The summed E-state index contributed by atoms with van der Waals surface area (Å²) in [4.78, 5) is 25.0. The summed E-state index contributed by atoms with van der Waals surface area (Å²) in [5, 5.41) is 2.54. The molecule has 0 fully saturated rings. The number of amides is 3. The number of nitrogens with one attached hydrogen (secondary N) is 1. The first-order valence-electron chi connectivity index (χ1n) is 7.04. The molecule has 2 aromatic rings. The second-order valence-corrected chi connectivity index (χ2v) is 5.05. The van der Waals surface area contributed by atoms with Crippen LogP contribution in [-0.2, 0) is 4.79 Å². The highest BCUT2D eigenvalue weighted by molar-refractivity contribution is 6.16. The fourth-order valence-corrected chi connectivity index (χ4v) is 2.42. The van der Waals surface area contributed by atoms with Crippen LogP contribution in [0.15, 0.2) is 73.1 Å². The lowest BCUT2D eigenvalue weighted by Gasteiger charge is -2.22. The zero-order chi connectivity index (χ0) is 16.3. The lowest BCUT2D eigenvalue weighted by molar-refractivity contribution is -0.120. The van der Waals surface area contributed by atoms with Crippen molar-refractivity contribution in [1.29, 1.82) is 0 Å². The number of halogens is 1. The molecule has 1 unspecified atom stereocenters. The van der Waals surface area contributed by atoms with Gasteiger partial charge >= 0.3 is 11.9 Å². The minimum absolute atomic E-state index is 0.344. The first-order chi connectivity index (χ1) is 11.1. The zero-order valence-corrected chi connectivity index (χ0v) is 12.1. The monoisotopic (exact) mass is 309 g/mol. The molecule has 1 atom stereocenters. The zero-order valence-electron chi connectivity index (χ0n) is 12.1. The quantitative estimate of drug-likeness (QED) is 0.696. The van der Waals surface area contributed by atoms with Gasteiger partial charge in [-0.25, -0.2) is 14.0 Å². The van der Waals surface area contributed by atoms with E-state index in [-0.39, 0.29) is 5.82 Å². The van der Waals surface area contributed by atoms with Crippen LogP contribution in [0.25, 0.3) is 6.08 Å². The van der Waals surface area contributed by atoms with E-state index in [0.717, 1.165) is 0 Å². The van der Waals surface area contributed by atoms with Crippen LogP contribution in [0, 0.1) is 5.82 Å². The largest absolute Gasteiger partial charge is 0.438 e. The second-order valence-electron chi connectivity index (χ2n) is 5.05. The first kappa shape index (κ1) is 14.9. The van der Waals surface area contributed by atoms with E-state index >= 15 is 0 Å². The predicted octanol–water partition coefficient (Wildman–Crippen LogP) is 3.57. The van der Waals surface area contributed by atoms with Crippen LogP contribution < -0.4 is 9.80 Å². The second kappa shape index (κ2) is 5.98. The third kappa shape index (κ3) is 2.69. The molecule has 4 nitrogen and oxygen atoms in total. The summed E-state index contributed by atoms with van der Waals surface area (Å²) in [7, 11) is 0. The molecule has 0 aromatic heterocycles. The molecule has 114 valence electrons. The molecular weight excluding hydrogens is 295 g/mol. The minimum Gasteiger partial charge on any atom is -0.275 e. The van der Waals surface area contributed by atoms with Crippen LogP contribution in [0.1, 0.15) is 5.56 Å². The van der Waals surface area contributed by atoms with Crippen molar-refractivity contribution in [2.75, 3.05) is 0 Å². The molecule has 3 rings (SSSR count). The Hall–Kier alpha value is -3.05. The number of hydrogen-bond acceptors (Lipinski definition) is 2. The molecule has 0 aliphatic carbocycles. The maximum atomic E-state index is 12.9. The molecule has 1 aliphatic heterocycles. The van der Waals surface area contributed by atoms with Gasteiger partial charge in [-0.1, -0.05) is 30.3 Å². The molecule has 2 aromatic carbocycles. The highest BCUT2D eigenvalue weighted by Gasteiger charge is 2.47. The van der Waals surface area contributed by atoms with E-state index in [1.54, 1.807) is 42.5 Å². The minimum atomic E-state index is -0.557.